The van der Waals surface area contributed by atoms with Crippen LogP contribution in [0.2, 0.25) is 0 Å². The summed E-state index contributed by atoms with van der Waals surface area (Å²) in [6, 6.07) is 0. The van der Waals surface area contributed by atoms with Crippen molar-refractivity contribution in [1.82, 2.24) is 0 Å². The zero-order chi connectivity index (χ0) is 17.4. The molecule has 0 aromatic rings. The van der Waals surface area contributed by atoms with Gasteiger partial charge in [-0.1, -0.05) is 12.2 Å². The normalized spacial score (nSPS) is 59.8. The van der Waals surface area contributed by atoms with Gasteiger partial charge < -0.3 is 14.2 Å². The van der Waals surface area contributed by atoms with E-state index >= 15 is 0 Å². The average Bonchev–Trinajstić information content (AvgIpc) is 3.21. The first-order valence-corrected chi connectivity index (χ1v) is 9.53. The lowest BCUT2D eigenvalue weighted by molar-refractivity contribution is -0.163. The van der Waals surface area contributed by atoms with Crippen molar-refractivity contribution in [2.24, 2.45) is 34.5 Å². The monoisotopic (exact) mass is 344 g/mol. The smallest absolute Gasteiger partial charge is 0.315 e. The van der Waals surface area contributed by atoms with Gasteiger partial charge in [-0.2, -0.15) is 0 Å². The number of ether oxygens (including phenoxy) is 3. The Morgan fingerprint density at radius 1 is 1.32 bits per heavy atom. The summed E-state index contributed by atoms with van der Waals surface area (Å²) in [5.74, 6) is -0.0150. The highest BCUT2D eigenvalue weighted by atomic mass is 16.6. The molecule has 5 nitrogen and oxygen atoms in total. The molecule has 5 heteroatoms. The maximum Gasteiger partial charge on any atom is 0.315 e. The fourth-order valence-electron chi connectivity index (χ4n) is 8.12. The van der Waals surface area contributed by atoms with Gasteiger partial charge in [-0.15, -0.1) is 0 Å². The number of allylic oxidation sites excluding steroid dienone is 1. The third kappa shape index (κ3) is 1.32. The molecule has 9 atom stereocenters. The largest absolute Gasteiger partial charge is 0.469 e. The highest BCUT2D eigenvalue weighted by Crippen LogP contribution is 2.79. The van der Waals surface area contributed by atoms with Gasteiger partial charge in [0.15, 0.2) is 0 Å². The number of hydrogen-bond acceptors (Lipinski definition) is 5. The zero-order valence-electron chi connectivity index (χ0n) is 14.7. The number of fused-ring (bicyclic) bond motifs is 3. The maximum absolute atomic E-state index is 13.0. The Labute approximate surface area is 147 Å². The molecule has 2 saturated heterocycles. The predicted octanol–water partition coefficient (Wildman–Crippen LogP) is 2.24. The lowest BCUT2D eigenvalue weighted by Gasteiger charge is -2.43. The first-order chi connectivity index (χ1) is 11.9. The quantitative estimate of drug-likeness (QED) is 0.415. The maximum atomic E-state index is 13.0. The van der Waals surface area contributed by atoms with Gasteiger partial charge in [0.2, 0.25) is 0 Å². The lowest BCUT2D eigenvalue weighted by Crippen LogP contribution is -2.50. The van der Waals surface area contributed by atoms with Crippen LogP contribution in [0.25, 0.3) is 0 Å². The molecule has 2 aliphatic heterocycles. The fourth-order valence-corrected chi connectivity index (χ4v) is 8.12. The molecule has 6 rings (SSSR count). The highest BCUT2D eigenvalue weighted by Gasteiger charge is 2.87. The van der Waals surface area contributed by atoms with Crippen LogP contribution in [0.15, 0.2) is 12.2 Å². The second-order valence-corrected chi connectivity index (χ2v) is 9.50. The molecular formula is C20H24O5. The van der Waals surface area contributed by atoms with Gasteiger partial charge in [-0.3, -0.25) is 9.59 Å². The van der Waals surface area contributed by atoms with Crippen LogP contribution in [0, 0.1) is 34.5 Å². The van der Waals surface area contributed by atoms with Crippen LogP contribution in [0.4, 0.5) is 0 Å². The lowest BCUT2D eigenvalue weighted by atomic mass is 9.60. The van der Waals surface area contributed by atoms with E-state index in [1.165, 1.54) is 12.7 Å². The van der Waals surface area contributed by atoms with E-state index in [1.54, 1.807) is 0 Å². The van der Waals surface area contributed by atoms with Crippen LogP contribution >= 0.6 is 0 Å². The molecule has 2 heterocycles. The van der Waals surface area contributed by atoms with Gasteiger partial charge in [0, 0.05) is 18.3 Å². The molecule has 0 amide bonds. The number of carbonyl (C=O) groups excluding carboxylic acids is 2. The summed E-state index contributed by atoms with van der Waals surface area (Å²) in [6.07, 6.45) is 4.75. The van der Waals surface area contributed by atoms with E-state index in [0.29, 0.717) is 5.92 Å². The Morgan fingerprint density at radius 2 is 2.12 bits per heavy atom. The summed E-state index contributed by atoms with van der Waals surface area (Å²) in [4.78, 5) is 26.0. The summed E-state index contributed by atoms with van der Waals surface area (Å²) in [7, 11) is 1.47. The Bertz CT molecular complexity index is 744. The van der Waals surface area contributed by atoms with Gasteiger partial charge in [0.05, 0.1) is 19.1 Å². The zero-order valence-corrected chi connectivity index (χ0v) is 14.7. The molecule has 6 fully saturated rings. The van der Waals surface area contributed by atoms with E-state index < -0.39 is 11.0 Å². The van der Waals surface area contributed by atoms with Crippen LogP contribution in [-0.2, 0) is 23.8 Å². The summed E-state index contributed by atoms with van der Waals surface area (Å²) in [5.41, 5.74) is -0.123. The Balaban J connectivity index is 1.60. The SMILES string of the molecule is C=C1C[C@]23C[C@H]1CC[C@H]2[C@@]12C[C@@H]4O[C@@H]4[C@@](C)(C(=O)O1)[C@H]2[C@@H]3C(=O)OC. The Hall–Kier alpha value is -1.36. The molecule has 4 saturated carbocycles. The molecule has 1 spiro atoms. The second-order valence-electron chi connectivity index (χ2n) is 9.50. The molecule has 25 heavy (non-hydrogen) atoms. The first-order valence-electron chi connectivity index (χ1n) is 9.53. The van der Waals surface area contributed by atoms with E-state index in [1.807, 2.05) is 6.92 Å². The van der Waals surface area contributed by atoms with E-state index in [0.717, 1.165) is 32.1 Å². The molecule has 4 aliphatic carbocycles. The second kappa shape index (κ2) is 3.98. The van der Waals surface area contributed by atoms with Crippen molar-refractivity contribution in [3.05, 3.63) is 12.2 Å². The predicted molar refractivity (Wildman–Crippen MR) is 86.2 cm³/mol. The van der Waals surface area contributed by atoms with Crippen molar-refractivity contribution in [1.29, 1.82) is 0 Å². The number of carbonyl (C=O) groups is 2. The Kier molecular flexibility index (Phi) is 2.35. The van der Waals surface area contributed by atoms with Crippen molar-refractivity contribution >= 4 is 11.9 Å². The number of esters is 2. The summed E-state index contributed by atoms with van der Waals surface area (Å²) < 4.78 is 17.4. The minimum atomic E-state index is -0.715. The van der Waals surface area contributed by atoms with Crippen molar-refractivity contribution in [3.63, 3.8) is 0 Å². The van der Waals surface area contributed by atoms with E-state index in [2.05, 4.69) is 6.58 Å². The molecule has 4 bridgehead atoms. The number of methoxy groups -OCH3 is 1. The number of hydrogen-bond donors (Lipinski definition) is 0. The van der Waals surface area contributed by atoms with Gasteiger partial charge in [0.1, 0.15) is 17.1 Å². The highest BCUT2D eigenvalue weighted by molar-refractivity contribution is 5.86. The topological polar surface area (TPSA) is 65.1 Å². The van der Waals surface area contributed by atoms with Crippen LogP contribution < -0.4 is 0 Å². The number of epoxide rings is 1. The van der Waals surface area contributed by atoms with E-state index in [-0.39, 0.29) is 47.3 Å². The van der Waals surface area contributed by atoms with Crippen LogP contribution in [0.3, 0.4) is 0 Å². The Morgan fingerprint density at radius 3 is 2.88 bits per heavy atom. The molecule has 0 aromatic carbocycles. The van der Waals surface area contributed by atoms with Crippen LogP contribution in [0.5, 0.6) is 0 Å². The standard InChI is InChI=1S/C20H24O5/c1-9-6-19-7-10(9)4-5-12(19)20-8-11-15(24-11)18(2,17(22)25-20)14(20)13(19)16(21)23-3/h10-15H,1,4-8H2,2-3H3/t10-,11+,12-,13-,14-,15+,18+,19+,20-/m1/s1. The fraction of sp³-hybridized carbons (Fsp3) is 0.800. The molecule has 0 aromatic heterocycles. The summed E-state index contributed by atoms with van der Waals surface area (Å²) >= 11 is 0. The molecule has 134 valence electrons. The average molecular weight is 344 g/mol. The minimum absolute atomic E-state index is 0.0928. The van der Waals surface area contributed by atoms with E-state index in [9.17, 15) is 9.59 Å². The van der Waals surface area contributed by atoms with Crippen molar-refractivity contribution in [2.75, 3.05) is 7.11 Å². The van der Waals surface area contributed by atoms with Gasteiger partial charge in [0.25, 0.3) is 0 Å². The van der Waals surface area contributed by atoms with Crippen LogP contribution in [0.1, 0.15) is 39.0 Å². The third-order valence-electron chi connectivity index (χ3n) is 8.84. The van der Waals surface area contributed by atoms with Gasteiger partial charge in [-0.25, -0.2) is 0 Å². The van der Waals surface area contributed by atoms with Crippen LogP contribution in [-0.4, -0.2) is 36.9 Å². The van der Waals surface area contributed by atoms with Gasteiger partial charge >= 0.3 is 11.9 Å². The third-order valence-corrected chi connectivity index (χ3v) is 8.84. The van der Waals surface area contributed by atoms with Gasteiger partial charge in [-0.05, 0) is 43.9 Å². The molecule has 6 aliphatic rings. The molecule has 0 radical (unpaired) electrons. The number of rotatable bonds is 1. The van der Waals surface area contributed by atoms with E-state index in [4.69, 9.17) is 14.2 Å². The minimum Gasteiger partial charge on any atom is -0.469 e. The molecular weight excluding hydrogens is 320 g/mol. The molecule has 0 unspecified atom stereocenters. The van der Waals surface area contributed by atoms with Crippen molar-refractivity contribution in [2.45, 2.75) is 56.8 Å². The van der Waals surface area contributed by atoms with Crippen molar-refractivity contribution < 1.29 is 23.8 Å². The van der Waals surface area contributed by atoms with Crippen molar-refractivity contribution in [3.8, 4) is 0 Å². The molecule has 0 N–H and O–H groups in total. The summed E-state index contributed by atoms with van der Waals surface area (Å²) in [6.45, 7) is 6.29. The summed E-state index contributed by atoms with van der Waals surface area (Å²) in [5, 5.41) is 0. The first kappa shape index (κ1) is 14.8.